The van der Waals surface area contributed by atoms with Crippen molar-refractivity contribution in [1.82, 2.24) is 10.6 Å². The summed E-state index contributed by atoms with van der Waals surface area (Å²) in [5.74, 6) is 0.960. The molecule has 1 amide bonds. The molecule has 5 heteroatoms. The molecule has 1 heterocycles. The van der Waals surface area contributed by atoms with Crippen LogP contribution in [-0.4, -0.2) is 37.7 Å². The summed E-state index contributed by atoms with van der Waals surface area (Å²) in [6.45, 7) is 5.08. The zero-order chi connectivity index (χ0) is 14.7. The molecule has 3 unspecified atom stereocenters. The smallest absolute Gasteiger partial charge is 0.220 e. The number of halogens is 1. The minimum atomic E-state index is 0. The van der Waals surface area contributed by atoms with Gasteiger partial charge in [-0.2, -0.15) is 0 Å². The summed E-state index contributed by atoms with van der Waals surface area (Å²) in [6.07, 6.45) is 9.41. The van der Waals surface area contributed by atoms with Crippen LogP contribution in [0.5, 0.6) is 0 Å². The lowest BCUT2D eigenvalue weighted by atomic mass is 9.60. The predicted octanol–water partition coefficient (Wildman–Crippen LogP) is 2.65. The molecule has 0 aromatic heterocycles. The molecule has 22 heavy (non-hydrogen) atoms. The Hall–Kier alpha value is -0.320. The minimum absolute atomic E-state index is 0. The second-order valence-electron chi connectivity index (χ2n) is 7.14. The van der Waals surface area contributed by atoms with Crippen molar-refractivity contribution in [2.75, 3.05) is 19.7 Å². The monoisotopic (exact) mass is 330 g/mol. The maximum atomic E-state index is 12.2. The topological polar surface area (TPSA) is 50.4 Å². The Balaban J connectivity index is 0.00000176. The molecule has 0 radical (unpaired) electrons. The van der Waals surface area contributed by atoms with E-state index in [1.165, 1.54) is 32.1 Å². The second kappa shape index (κ2) is 7.98. The van der Waals surface area contributed by atoms with Gasteiger partial charge in [0.2, 0.25) is 5.91 Å². The van der Waals surface area contributed by atoms with Crippen LogP contribution in [-0.2, 0) is 9.53 Å². The van der Waals surface area contributed by atoms with Gasteiger partial charge in [0, 0.05) is 24.5 Å². The first-order valence-electron chi connectivity index (χ1n) is 8.86. The molecule has 1 spiro atoms. The molecule has 2 aliphatic carbocycles. The largest absolute Gasteiger partial charge is 0.378 e. The van der Waals surface area contributed by atoms with Crippen LogP contribution < -0.4 is 10.6 Å². The fraction of sp³-hybridized carbons (Fsp3) is 0.941. The fourth-order valence-corrected chi connectivity index (χ4v) is 4.65. The molecule has 128 valence electrons. The standard InChI is InChI=1S/C17H30N2O2.ClH/c1-2-21-15-11-14(17(15)8-3-4-9-17)19-16(20)6-5-13-7-10-18-12-13;/h13-15,18H,2-12H2,1H3,(H,19,20);1H. The molecule has 0 aromatic carbocycles. The van der Waals surface area contributed by atoms with Crippen LogP contribution in [0.4, 0.5) is 0 Å². The summed E-state index contributed by atoms with van der Waals surface area (Å²) in [5.41, 5.74) is 0.264. The Labute approximate surface area is 140 Å². The normalized spacial score (nSPS) is 32.5. The molecule has 1 aliphatic heterocycles. The fourth-order valence-electron chi connectivity index (χ4n) is 4.65. The van der Waals surface area contributed by atoms with Crippen molar-refractivity contribution in [3.63, 3.8) is 0 Å². The molecule has 0 bridgehead atoms. The molecule has 4 nitrogen and oxygen atoms in total. The first-order valence-corrected chi connectivity index (χ1v) is 8.86. The van der Waals surface area contributed by atoms with Gasteiger partial charge >= 0.3 is 0 Å². The van der Waals surface area contributed by atoms with E-state index in [-0.39, 0.29) is 23.7 Å². The molecule has 3 rings (SSSR count). The predicted molar refractivity (Wildman–Crippen MR) is 90.3 cm³/mol. The van der Waals surface area contributed by atoms with Gasteiger partial charge in [-0.1, -0.05) is 12.8 Å². The lowest BCUT2D eigenvalue weighted by molar-refractivity contribution is -0.144. The van der Waals surface area contributed by atoms with E-state index in [0.29, 0.717) is 24.5 Å². The van der Waals surface area contributed by atoms with Crippen molar-refractivity contribution in [3.8, 4) is 0 Å². The third-order valence-electron chi connectivity index (χ3n) is 5.96. The van der Waals surface area contributed by atoms with Crippen molar-refractivity contribution >= 4 is 18.3 Å². The number of hydrogen-bond acceptors (Lipinski definition) is 3. The Kier molecular flexibility index (Phi) is 6.54. The Morgan fingerprint density at radius 2 is 2.14 bits per heavy atom. The van der Waals surface area contributed by atoms with Gasteiger partial charge in [0.05, 0.1) is 6.10 Å². The maximum Gasteiger partial charge on any atom is 0.220 e. The van der Waals surface area contributed by atoms with E-state index in [1.807, 2.05) is 0 Å². The molecule has 3 aliphatic rings. The summed E-state index contributed by atoms with van der Waals surface area (Å²) in [7, 11) is 0. The summed E-state index contributed by atoms with van der Waals surface area (Å²) in [4.78, 5) is 12.2. The van der Waals surface area contributed by atoms with E-state index in [4.69, 9.17) is 4.74 Å². The molecule has 1 saturated heterocycles. The van der Waals surface area contributed by atoms with E-state index < -0.39 is 0 Å². The van der Waals surface area contributed by atoms with Crippen molar-refractivity contribution in [1.29, 1.82) is 0 Å². The summed E-state index contributed by atoms with van der Waals surface area (Å²) in [5, 5.41) is 6.69. The van der Waals surface area contributed by atoms with Gasteiger partial charge in [0.25, 0.3) is 0 Å². The number of carbonyl (C=O) groups excluding carboxylic acids is 1. The molecule has 3 fully saturated rings. The van der Waals surface area contributed by atoms with Crippen LogP contribution in [0, 0.1) is 11.3 Å². The number of carbonyl (C=O) groups is 1. The number of hydrogen-bond donors (Lipinski definition) is 2. The van der Waals surface area contributed by atoms with Crippen LogP contribution in [0.25, 0.3) is 0 Å². The Morgan fingerprint density at radius 3 is 2.77 bits per heavy atom. The third-order valence-corrected chi connectivity index (χ3v) is 5.96. The van der Waals surface area contributed by atoms with Crippen LogP contribution in [0.15, 0.2) is 0 Å². The maximum absolute atomic E-state index is 12.2. The summed E-state index contributed by atoms with van der Waals surface area (Å²) < 4.78 is 5.91. The van der Waals surface area contributed by atoms with Gasteiger partial charge < -0.3 is 15.4 Å². The Bertz CT molecular complexity index is 366. The summed E-state index contributed by atoms with van der Waals surface area (Å²) >= 11 is 0. The van der Waals surface area contributed by atoms with Crippen LogP contribution >= 0.6 is 12.4 Å². The van der Waals surface area contributed by atoms with Crippen molar-refractivity contribution in [3.05, 3.63) is 0 Å². The lowest BCUT2D eigenvalue weighted by Crippen LogP contribution is -2.63. The molecular formula is C17H31ClN2O2. The second-order valence-corrected chi connectivity index (χ2v) is 7.14. The van der Waals surface area contributed by atoms with E-state index in [0.717, 1.165) is 32.5 Å². The first kappa shape index (κ1) is 18.0. The SMILES string of the molecule is CCOC1CC(NC(=O)CCC2CCNC2)C12CCCC2.Cl. The van der Waals surface area contributed by atoms with Gasteiger partial charge in [0.1, 0.15) is 0 Å². The highest BCUT2D eigenvalue weighted by molar-refractivity contribution is 5.85. The van der Waals surface area contributed by atoms with Crippen molar-refractivity contribution < 1.29 is 9.53 Å². The lowest BCUT2D eigenvalue weighted by Gasteiger charge is -2.54. The molecule has 3 atom stereocenters. The number of rotatable bonds is 6. The van der Waals surface area contributed by atoms with Gasteiger partial charge in [-0.15, -0.1) is 12.4 Å². The third kappa shape index (κ3) is 3.60. The summed E-state index contributed by atoms with van der Waals surface area (Å²) in [6, 6.07) is 0.366. The minimum Gasteiger partial charge on any atom is -0.378 e. The highest BCUT2D eigenvalue weighted by Gasteiger charge is 2.57. The molecule has 2 saturated carbocycles. The molecular weight excluding hydrogens is 300 g/mol. The van der Waals surface area contributed by atoms with Crippen LogP contribution in [0.3, 0.4) is 0 Å². The highest BCUT2D eigenvalue weighted by Crippen LogP contribution is 2.54. The van der Waals surface area contributed by atoms with E-state index in [2.05, 4.69) is 17.6 Å². The van der Waals surface area contributed by atoms with Crippen LogP contribution in [0.1, 0.15) is 58.3 Å². The van der Waals surface area contributed by atoms with E-state index in [1.54, 1.807) is 0 Å². The number of ether oxygens (including phenoxy) is 1. The van der Waals surface area contributed by atoms with Gasteiger partial charge in [-0.3, -0.25) is 4.79 Å². The van der Waals surface area contributed by atoms with Crippen molar-refractivity contribution in [2.45, 2.75) is 70.4 Å². The van der Waals surface area contributed by atoms with E-state index in [9.17, 15) is 4.79 Å². The Morgan fingerprint density at radius 1 is 1.36 bits per heavy atom. The average molecular weight is 331 g/mol. The first-order chi connectivity index (χ1) is 10.2. The van der Waals surface area contributed by atoms with Crippen LogP contribution in [0.2, 0.25) is 0 Å². The molecule has 2 N–H and O–H groups in total. The zero-order valence-electron chi connectivity index (χ0n) is 13.7. The molecule has 0 aromatic rings. The number of amides is 1. The van der Waals surface area contributed by atoms with Crippen molar-refractivity contribution in [2.24, 2.45) is 11.3 Å². The van der Waals surface area contributed by atoms with E-state index >= 15 is 0 Å². The average Bonchev–Trinajstić information content (AvgIpc) is 3.16. The van der Waals surface area contributed by atoms with Gasteiger partial charge in [0.15, 0.2) is 0 Å². The van der Waals surface area contributed by atoms with Gasteiger partial charge in [-0.25, -0.2) is 0 Å². The zero-order valence-corrected chi connectivity index (χ0v) is 14.6. The quantitative estimate of drug-likeness (QED) is 0.787. The highest BCUT2D eigenvalue weighted by atomic mass is 35.5. The number of nitrogens with one attached hydrogen (secondary N) is 2. The van der Waals surface area contributed by atoms with Gasteiger partial charge in [-0.05, 0) is 58.0 Å².